The monoisotopic (exact) mass is 276 g/mol. The Morgan fingerprint density at radius 2 is 1.95 bits per heavy atom. The van der Waals surface area contributed by atoms with Crippen molar-refractivity contribution in [3.63, 3.8) is 0 Å². The average molecular weight is 276 g/mol. The zero-order valence-corrected chi connectivity index (χ0v) is 12.4. The number of hydrogen-bond acceptors (Lipinski definition) is 5. The summed E-state index contributed by atoms with van der Waals surface area (Å²) >= 11 is 0. The minimum absolute atomic E-state index is 0.0169. The summed E-state index contributed by atoms with van der Waals surface area (Å²) in [6, 6.07) is 2.00. The number of hydrogen-bond donors (Lipinski definition) is 2. The van der Waals surface area contributed by atoms with Crippen LogP contribution in [0.5, 0.6) is 0 Å². The molecule has 2 aliphatic carbocycles. The summed E-state index contributed by atoms with van der Waals surface area (Å²) in [5.74, 6) is 3.38. The van der Waals surface area contributed by atoms with E-state index in [-0.39, 0.29) is 5.60 Å². The van der Waals surface area contributed by atoms with E-state index < -0.39 is 0 Å². The minimum atomic E-state index is 0.0169. The number of ether oxygens (including phenoxy) is 1. The molecule has 1 aromatic rings. The van der Waals surface area contributed by atoms with Crippen LogP contribution in [0.1, 0.15) is 50.8 Å². The van der Waals surface area contributed by atoms with Gasteiger partial charge in [-0.05, 0) is 39.0 Å². The summed E-state index contributed by atoms with van der Waals surface area (Å²) in [4.78, 5) is 9.25. The average Bonchev–Trinajstić information content (AvgIpc) is 3.22. The molecule has 0 aliphatic heterocycles. The van der Waals surface area contributed by atoms with Gasteiger partial charge in [0.25, 0.3) is 0 Å². The minimum Gasteiger partial charge on any atom is -0.376 e. The Kier molecular flexibility index (Phi) is 3.78. The second-order valence-electron chi connectivity index (χ2n) is 5.90. The van der Waals surface area contributed by atoms with Gasteiger partial charge in [0.15, 0.2) is 0 Å². The molecule has 0 aromatic carbocycles. The van der Waals surface area contributed by atoms with Crippen LogP contribution in [0.15, 0.2) is 6.07 Å². The lowest BCUT2D eigenvalue weighted by molar-refractivity contribution is -0.0601. The van der Waals surface area contributed by atoms with Gasteiger partial charge in [-0.1, -0.05) is 0 Å². The second-order valence-corrected chi connectivity index (χ2v) is 5.90. The maximum Gasteiger partial charge on any atom is 0.136 e. The van der Waals surface area contributed by atoms with Crippen molar-refractivity contribution in [2.75, 3.05) is 30.8 Å². The molecule has 0 spiro atoms. The molecule has 0 atom stereocenters. The summed E-state index contributed by atoms with van der Waals surface area (Å²) in [6.07, 6.45) is 5.97. The highest BCUT2D eigenvalue weighted by molar-refractivity contribution is 5.48. The van der Waals surface area contributed by atoms with E-state index in [1.165, 1.54) is 19.3 Å². The highest BCUT2D eigenvalue weighted by atomic mass is 16.5. The Hall–Kier alpha value is -1.36. The van der Waals surface area contributed by atoms with E-state index in [2.05, 4.69) is 27.5 Å². The Balaban J connectivity index is 1.70. The number of anilines is 2. The standard InChI is InChI=1S/C15H24N4O/c1-3-16-12-9-13(19-14(18-12)11-5-6-11)17-10-15(20-2)7-4-8-15/h9,11H,3-8,10H2,1-2H3,(H2,16,17,18,19). The highest BCUT2D eigenvalue weighted by Crippen LogP contribution is 2.39. The van der Waals surface area contributed by atoms with Gasteiger partial charge in [0, 0.05) is 32.2 Å². The molecule has 2 N–H and O–H groups in total. The van der Waals surface area contributed by atoms with Crippen molar-refractivity contribution in [1.29, 1.82) is 0 Å². The molecule has 0 radical (unpaired) electrons. The fourth-order valence-electron chi connectivity index (χ4n) is 2.63. The molecule has 0 saturated heterocycles. The third-order valence-electron chi connectivity index (χ3n) is 4.33. The van der Waals surface area contributed by atoms with Gasteiger partial charge in [-0.15, -0.1) is 0 Å². The Labute approximate surface area is 120 Å². The fourth-order valence-corrected chi connectivity index (χ4v) is 2.63. The zero-order chi connectivity index (χ0) is 14.0. The number of aromatic nitrogens is 2. The van der Waals surface area contributed by atoms with E-state index in [0.29, 0.717) is 5.92 Å². The lowest BCUT2D eigenvalue weighted by Crippen LogP contribution is -2.45. The number of nitrogens with zero attached hydrogens (tertiary/aromatic N) is 2. The van der Waals surface area contributed by atoms with Crippen LogP contribution in [-0.4, -0.2) is 35.8 Å². The molecule has 0 unspecified atom stereocenters. The molecule has 1 aromatic heterocycles. The maximum atomic E-state index is 5.64. The van der Waals surface area contributed by atoms with E-state index in [1.807, 2.05) is 6.07 Å². The topological polar surface area (TPSA) is 59.1 Å². The molecule has 5 nitrogen and oxygen atoms in total. The van der Waals surface area contributed by atoms with Crippen molar-refractivity contribution in [1.82, 2.24) is 9.97 Å². The fraction of sp³-hybridized carbons (Fsp3) is 0.733. The Morgan fingerprint density at radius 3 is 2.45 bits per heavy atom. The van der Waals surface area contributed by atoms with Crippen LogP contribution in [-0.2, 0) is 4.74 Å². The van der Waals surface area contributed by atoms with Crippen molar-refractivity contribution in [3.8, 4) is 0 Å². The molecule has 0 bridgehead atoms. The molecule has 3 rings (SSSR count). The van der Waals surface area contributed by atoms with Crippen LogP contribution in [0.3, 0.4) is 0 Å². The first-order chi connectivity index (χ1) is 9.74. The normalized spacial score (nSPS) is 20.3. The van der Waals surface area contributed by atoms with Gasteiger partial charge >= 0.3 is 0 Å². The zero-order valence-electron chi connectivity index (χ0n) is 12.4. The molecule has 0 amide bonds. The lowest BCUT2D eigenvalue weighted by Gasteiger charge is -2.40. The largest absolute Gasteiger partial charge is 0.376 e. The highest BCUT2D eigenvalue weighted by Gasteiger charge is 2.37. The van der Waals surface area contributed by atoms with Gasteiger partial charge < -0.3 is 15.4 Å². The molecule has 1 heterocycles. The summed E-state index contributed by atoms with van der Waals surface area (Å²) in [5.41, 5.74) is 0.0169. The Morgan fingerprint density at radius 1 is 1.25 bits per heavy atom. The van der Waals surface area contributed by atoms with Gasteiger partial charge in [0.1, 0.15) is 17.5 Å². The lowest BCUT2D eigenvalue weighted by atomic mass is 9.80. The number of nitrogens with one attached hydrogen (secondary N) is 2. The van der Waals surface area contributed by atoms with Gasteiger partial charge in [0.2, 0.25) is 0 Å². The first-order valence-corrected chi connectivity index (χ1v) is 7.66. The number of rotatable bonds is 7. The smallest absolute Gasteiger partial charge is 0.136 e. The number of methoxy groups -OCH3 is 1. The molecular weight excluding hydrogens is 252 g/mol. The first kappa shape index (κ1) is 13.6. The van der Waals surface area contributed by atoms with Gasteiger partial charge in [-0.3, -0.25) is 0 Å². The van der Waals surface area contributed by atoms with Crippen molar-refractivity contribution in [2.24, 2.45) is 0 Å². The van der Waals surface area contributed by atoms with Crippen molar-refractivity contribution in [3.05, 3.63) is 11.9 Å². The van der Waals surface area contributed by atoms with Crippen LogP contribution in [0, 0.1) is 0 Å². The molecule has 2 fully saturated rings. The second kappa shape index (κ2) is 5.56. The van der Waals surface area contributed by atoms with E-state index in [0.717, 1.165) is 43.4 Å². The van der Waals surface area contributed by atoms with Crippen molar-refractivity contribution < 1.29 is 4.74 Å². The van der Waals surface area contributed by atoms with Crippen LogP contribution in [0.25, 0.3) is 0 Å². The summed E-state index contributed by atoms with van der Waals surface area (Å²) < 4.78 is 5.64. The summed E-state index contributed by atoms with van der Waals surface area (Å²) in [5, 5.41) is 6.73. The van der Waals surface area contributed by atoms with Gasteiger partial charge in [-0.2, -0.15) is 0 Å². The van der Waals surface area contributed by atoms with Crippen LogP contribution in [0.2, 0.25) is 0 Å². The molecule has 110 valence electrons. The predicted octanol–water partition coefficient (Wildman–Crippen LogP) is 2.77. The maximum absolute atomic E-state index is 5.64. The molecule has 20 heavy (non-hydrogen) atoms. The molecule has 2 aliphatic rings. The summed E-state index contributed by atoms with van der Waals surface area (Å²) in [6.45, 7) is 3.79. The van der Waals surface area contributed by atoms with Gasteiger partial charge in [0.05, 0.1) is 5.60 Å². The molecular formula is C15H24N4O. The summed E-state index contributed by atoms with van der Waals surface area (Å²) in [7, 11) is 1.81. The van der Waals surface area contributed by atoms with Gasteiger partial charge in [-0.25, -0.2) is 9.97 Å². The van der Waals surface area contributed by atoms with E-state index >= 15 is 0 Å². The van der Waals surface area contributed by atoms with E-state index in [4.69, 9.17) is 4.74 Å². The Bertz CT molecular complexity index is 463. The SMILES string of the molecule is CCNc1cc(NCC2(OC)CCC2)nc(C2CC2)n1. The first-order valence-electron chi connectivity index (χ1n) is 7.66. The van der Waals surface area contributed by atoms with Crippen molar-refractivity contribution in [2.45, 2.75) is 50.5 Å². The van der Waals surface area contributed by atoms with E-state index in [9.17, 15) is 0 Å². The van der Waals surface area contributed by atoms with Crippen molar-refractivity contribution >= 4 is 11.6 Å². The predicted molar refractivity (Wildman–Crippen MR) is 80.3 cm³/mol. The quantitative estimate of drug-likeness (QED) is 0.802. The van der Waals surface area contributed by atoms with Crippen LogP contribution in [0.4, 0.5) is 11.6 Å². The van der Waals surface area contributed by atoms with Crippen LogP contribution >= 0.6 is 0 Å². The third kappa shape index (κ3) is 2.87. The molecule has 2 saturated carbocycles. The third-order valence-corrected chi connectivity index (χ3v) is 4.33. The van der Waals surface area contributed by atoms with Crippen LogP contribution < -0.4 is 10.6 Å². The molecule has 5 heteroatoms. The van der Waals surface area contributed by atoms with E-state index in [1.54, 1.807) is 7.11 Å².